The van der Waals surface area contributed by atoms with Crippen LogP contribution in [0.4, 0.5) is 0 Å². The average molecular weight is 901 g/mol. The van der Waals surface area contributed by atoms with Gasteiger partial charge in [0.25, 0.3) is 0 Å². The van der Waals surface area contributed by atoms with Gasteiger partial charge in [-0.25, -0.2) is 0 Å². The van der Waals surface area contributed by atoms with Crippen molar-refractivity contribution in [1.82, 2.24) is 5.32 Å². The van der Waals surface area contributed by atoms with Gasteiger partial charge in [0.05, 0.1) is 31.3 Å². The van der Waals surface area contributed by atoms with Gasteiger partial charge in [-0.1, -0.05) is 281 Å². The van der Waals surface area contributed by atoms with E-state index in [-0.39, 0.29) is 18.9 Å². The predicted molar refractivity (Wildman–Crippen MR) is 282 cm³/mol. The molecule has 4 N–H and O–H groups in total. The van der Waals surface area contributed by atoms with Crippen molar-refractivity contribution in [3.63, 3.8) is 0 Å². The summed E-state index contributed by atoms with van der Waals surface area (Å²) < 4.78 is 0. The molecule has 1 amide bonds. The van der Waals surface area contributed by atoms with E-state index in [1.807, 2.05) is 6.08 Å². The van der Waals surface area contributed by atoms with Crippen LogP contribution in [-0.2, 0) is 4.79 Å². The Morgan fingerprint density at radius 3 is 1.00 bits per heavy atom. The van der Waals surface area contributed by atoms with E-state index in [0.717, 1.165) is 32.1 Å². The molecule has 0 rings (SSSR count). The van der Waals surface area contributed by atoms with Crippen LogP contribution in [0.1, 0.15) is 309 Å². The summed E-state index contributed by atoms with van der Waals surface area (Å²) in [4.78, 5) is 12.5. The van der Waals surface area contributed by atoms with Gasteiger partial charge in [0.2, 0.25) is 5.91 Å². The molecule has 5 nitrogen and oxygen atoms in total. The molecule has 0 radical (unpaired) electrons. The van der Waals surface area contributed by atoms with E-state index in [1.165, 1.54) is 250 Å². The quantitative estimate of drug-likeness (QED) is 0.0362. The number of aliphatic hydroxyl groups is 3. The standard InChI is InChI=1S/C59H113NO4/c1-3-5-7-9-11-13-15-17-19-21-23-25-27-28-29-31-32-34-36-38-40-42-44-46-48-50-52-56(62)54-59(64)60-57(55-61)58(63)53-51-49-47-45-43-41-39-37-35-33-30-26-24-22-20-18-16-14-12-10-8-6-4-2/h28-29,43,45,51,53,56-58,61-63H,3-27,30-42,44,46-50,52,54-55H2,1-2H3,(H,60,64)/b29-28-,45-43+,53-51+. The van der Waals surface area contributed by atoms with Gasteiger partial charge in [0, 0.05) is 0 Å². The average Bonchev–Trinajstić information content (AvgIpc) is 3.29. The summed E-state index contributed by atoms with van der Waals surface area (Å²) in [5.74, 6) is -0.322. The maximum Gasteiger partial charge on any atom is 0.222 e. The Labute approximate surface area is 400 Å². The highest BCUT2D eigenvalue weighted by Crippen LogP contribution is 2.17. The van der Waals surface area contributed by atoms with Crippen LogP contribution < -0.4 is 5.32 Å². The minimum Gasteiger partial charge on any atom is -0.394 e. The third-order valence-electron chi connectivity index (χ3n) is 13.4. The third-order valence-corrected chi connectivity index (χ3v) is 13.4. The Hall–Kier alpha value is -1.43. The summed E-state index contributed by atoms with van der Waals surface area (Å²) in [6.45, 7) is 4.24. The number of aliphatic hydroxyl groups excluding tert-OH is 3. The second-order valence-electron chi connectivity index (χ2n) is 19.9. The SMILES string of the molecule is CCCCCCCCCCCCCC/C=C\CCCCCCCCCCCCC(O)CC(=O)NC(CO)C(O)/C=C/CC/C=C/CCCCCCCCCCCCCCCCCCC. The van der Waals surface area contributed by atoms with Crippen LogP contribution in [-0.4, -0.2) is 46.1 Å². The van der Waals surface area contributed by atoms with Crippen LogP contribution in [0.5, 0.6) is 0 Å². The predicted octanol–water partition coefficient (Wildman–Crippen LogP) is 17.8. The zero-order valence-corrected chi connectivity index (χ0v) is 43.2. The fourth-order valence-electron chi connectivity index (χ4n) is 9.00. The van der Waals surface area contributed by atoms with Crippen LogP contribution in [0.15, 0.2) is 36.5 Å². The molecule has 3 unspecified atom stereocenters. The van der Waals surface area contributed by atoms with Crippen LogP contribution in [0.3, 0.4) is 0 Å². The molecule has 3 atom stereocenters. The van der Waals surface area contributed by atoms with E-state index >= 15 is 0 Å². The van der Waals surface area contributed by atoms with Crippen molar-refractivity contribution in [3.8, 4) is 0 Å². The van der Waals surface area contributed by atoms with Crippen molar-refractivity contribution in [1.29, 1.82) is 0 Å². The summed E-state index contributed by atoms with van der Waals surface area (Å²) in [6, 6.07) is -0.762. The van der Waals surface area contributed by atoms with Gasteiger partial charge < -0.3 is 20.6 Å². The van der Waals surface area contributed by atoms with Crippen molar-refractivity contribution in [2.24, 2.45) is 0 Å². The zero-order valence-electron chi connectivity index (χ0n) is 43.2. The van der Waals surface area contributed by atoms with Gasteiger partial charge in [-0.2, -0.15) is 0 Å². The summed E-state index contributed by atoms with van der Waals surface area (Å²) in [6.07, 6.45) is 70.5. The fraction of sp³-hybridized carbons (Fsp3) is 0.881. The molecule has 0 aromatic carbocycles. The molecule has 64 heavy (non-hydrogen) atoms. The highest BCUT2D eigenvalue weighted by Gasteiger charge is 2.20. The van der Waals surface area contributed by atoms with Crippen molar-refractivity contribution >= 4 is 5.91 Å². The van der Waals surface area contributed by atoms with E-state index < -0.39 is 18.2 Å². The smallest absolute Gasteiger partial charge is 0.222 e. The molecule has 0 bridgehead atoms. The van der Waals surface area contributed by atoms with E-state index in [0.29, 0.717) is 6.42 Å². The second kappa shape index (κ2) is 54.2. The van der Waals surface area contributed by atoms with Gasteiger partial charge in [-0.15, -0.1) is 0 Å². The number of hydrogen-bond acceptors (Lipinski definition) is 4. The van der Waals surface area contributed by atoms with E-state index in [1.54, 1.807) is 6.08 Å². The number of rotatable bonds is 53. The van der Waals surface area contributed by atoms with Crippen LogP contribution in [0, 0.1) is 0 Å². The minimum absolute atomic E-state index is 0.00635. The molecule has 0 aromatic rings. The normalized spacial score (nSPS) is 13.5. The second-order valence-corrected chi connectivity index (χ2v) is 19.9. The Morgan fingerprint density at radius 2 is 0.672 bits per heavy atom. The van der Waals surface area contributed by atoms with Crippen LogP contribution in [0.2, 0.25) is 0 Å². The number of nitrogens with one attached hydrogen (secondary N) is 1. The van der Waals surface area contributed by atoms with E-state index in [9.17, 15) is 20.1 Å². The summed E-state index contributed by atoms with van der Waals surface area (Å²) in [5.41, 5.74) is 0. The molecule has 0 aliphatic rings. The first kappa shape index (κ1) is 62.6. The monoisotopic (exact) mass is 900 g/mol. The number of allylic oxidation sites excluding steroid dienone is 5. The first-order valence-corrected chi connectivity index (χ1v) is 28.8. The Kier molecular flexibility index (Phi) is 53.0. The van der Waals surface area contributed by atoms with Gasteiger partial charge in [-0.3, -0.25) is 4.79 Å². The zero-order chi connectivity index (χ0) is 46.5. The highest BCUT2D eigenvalue weighted by molar-refractivity contribution is 5.76. The number of carbonyl (C=O) groups excluding carboxylic acids is 1. The first-order chi connectivity index (χ1) is 31.5. The van der Waals surface area contributed by atoms with Crippen LogP contribution in [0.25, 0.3) is 0 Å². The Balaban J connectivity index is 3.59. The molecule has 0 heterocycles. The highest BCUT2D eigenvalue weighted by atomic mass is 16.3. The topological polar surface area (TPSA) is 89.8 Å². The van der Waals surface area contributed by atoms with Gasteiger partial charge in [-0.05, 0) is 57.8 Å². The number of unbranched alkanes of at least 4 members (excludes halogenated alkanes) is 40. The largest absolute Gasteiger partial charge is 0.394 e. The van der Waals surface area contributed by atoms with Crippen molar-refractivity contribution < 1.29 is 20.1 Å². The van der Waals surface area contributed by atoms with Crippen molar-refractivity contribution in [2.75, 3.05) is 6.61 Å². The maximum absolute atomic E-state index is 12.5. The molecule has 0 spiro atoms. The summed E-state index contributed by atoms with van der Waals surface area (Å²) >= 11 is 0. The molecule has 378 valence electrons. The molecular formula is C59H113NO4. The Morgan fingerprint density at radius 1 is 0.391 bits per heavy atom. The Bertz CT molecular complexity index is 993. The maximum atomic E-state index is 12.5. The molecule has 0 saturated carbocycles. The molecule has 0 fully saturated rings. The lowest BCUT2D eigenvalue weighted by Gasteiger charge is -2.21. The molecular weight excluding hydrogens is 787 g/mol. The van der Waals surface area contributed by atoms with Crippen LogP contribution >= 0.6 is 0 Å². The van der Waals surface area contributed by atoms with Crippen molar-refractivity contribution in [2.45, 2.75) is 327 Å². The van der Waals surface area contributed by atoms with Gasteiger partial charge in [0.15, 0.2) is 0 Å². The number of hydrogen-bond donors (Lipinski definition) is 4. The molecule has 0 aliphatic carbocycles. The summed E-state index contributed by atoms with van der Waals surface area (Å²) in [7, 11) is 0. The molecule has 0 aromatic heterocycles. The fourth-order valence-corrected chi connectivity index (χ4v) is 9.00. The molecule has 5 heteroatoms. The third kappa shape index (κ3) is 50.0. The van der Waals surface area contributed by atoms with Gasteiger partial charge in [0.1, 0.15) is 0 Å². The summed E-state index contributed by atoms with van der Waals surface area (Å²) in [5, 5.41) is 33.5. The lowest BCUT2D eigenvalue weighted by Crippen LogP contribution is -2.45. The van der Waals surface area contributed by atoms with E-state index in [2.05, 4.69) is 43.5 Å². The molecule has 0 saturated heterocycles. The lowest BCUT2D eigenvalue weighted by atomic mass is 10.0. The first-order valence-electron chi connectivity index (χ1n) is 28.8. The van der Waals surface area contributed by atoms with Crippen molar-refractivity contribution in [3.05, 3.63) is 36.5 Å². The minimum atomic E-state index is -0.953. The van der Waals surface area contributed by atoms with E-state index in [4.69, 9.17) is 0 Å². The number of carbonyl (C=O) groups is 1. The lowest BCUT2D eigenvalue weighted by molar-refractivity contribution is -0.124. The van der Waals surface area contributed by atoms with Gasteiger partial charge >= 0.3 is 0 Å². The number of amides is 1. The molecule has 0 aliphatic heterocycles.